The van der Waals surface area contributed by atoms with Gasteiger partial charge in [-0.05, 0) is 27.7 Å². The van der Waals surface area contributed by atoms with Crippen LogP contribution in [0, 0.1) is 6.92 Å². The second-order valence-electron chi connectivity index (χ2n) is 6.65. The molecule has 0 radical (unpaired) electrons. The number of nitrogens with one attached hydrogen (secondary N) is 3. The molecule has 0 atom stereocenters. The van der Waals surface area contributed by atoms with E-state index in [4.69, 9.17) is 4.74 Å². The minimum Gasteiger partial charge on any atom is -0.444 e. The highest BCUT2D eigenvalue weighted by molar-refractivity contribution is 5.96. The average Bonchev–Trinajstić information content (AvgIpc) is 2.50. The van der Waals surface area contributed by atoms with E-state index in [0.717, 1.165) is 5.56 Å². The number of aryl methyl sites for hydroxylation is 1. The second-order valence-corrected chi connectivity index (χ2v) is 6.65. The first kappa shape index (κ1) is 20.5. The molecule has 0 spiro atoms. The molecular formula is C18H27N3O4. The van der Waals surface area contributed by atoms with Crippen molar-refractivity contribution in [2.45, 2.75) is 39.7 Å². The summed E-state index contributed by atoms with van der Waals surface area (Å²) < 4.78 is 5.07. The summed E-state index contributed by atoms with van der Waals surface area (Å²) in [5.74, 6) is -0.0214. The quantitative estimate of drug-likeness (QED) is 0.520. The van der Waals surface area contributed by atoms with Gasteiger partial charge in [-0.15, -0.1) is 0 Å². The van der Waals surface area contributed by atoms with Crippen LogP contribution in [0.25, 0.3) is 0 Å². The minimum absolute atomic E-state index is 0.0214. The van der Waals surface area contributed by atoms with Crippen LogP contribution < -0.4 is 16.0 Å². The van der Waals surface area contributed by atoms with Crippen molar-refractivity contribution in [1.82, 2.24) is 16.0 Å². The summed E-state index contributed by atoms with van der Waals surface area (Å²) in [6.45, 7) is 8.04. The number of Topliss-reactive ketones (excluding diaryl/α,β-unsaturated/α-hetero) is 1. The van der Waals surface area contributed by atoms with Crippen molar-refractivity contribution in [3.8, 4) is 0 Å². The fourth-order valence-electron chi connectivity index (χ4n) is 1.89. The Balaban J connectivity index is 2.14. The van der Waals surface area contributed by atoms with Crippen molar-refractivity contribution < 1.29 is 19.1 Å². The minimum atomic E-state index is -0.557. The number of ether oxygens (including phenoxy) is 1. The van der Waals surface area contributed by atoms with Crippen molar-refractivity contribution in [2.75, 3.05) is 19.6 Å². The van der Waals surface area contributed by atoms with Gasteiger partial charge in [0.15, 0.2) is 5.78 Å². The van der Waals surface area contributed by atoms with Crippen LogP contribution in [0.2, 0.25) is 0 Å². The lowest BCUT2D eigenvalue weighted by Crippen LogP contribution is -2.41. The van der Waals surface area contributed by atoms with E-state index in [2.05, 4.69) is 16.0 Å². The standard InChI is InChI=1S/C18H27N3O4/c1-13-5-7-14(8-6-13)15(22)9-10-19-16(23)20-11-12-21-17(24)25-18(2,3)4/h5-8H,9-12H2,1-4H3,(H,21,24)(H2,19,20,23). The first-order valence-corrected chi connectivity index (χ1v) is 8.26. The van der Waals surface area contributed by atoms with Crippen LogP contribution in [-0.4, -0.2) is 43.1 Å². The van der Waals surface area contributed by atoms with E-state index in [0.29, 0.717) is 5.56 Å². The molecule has 0 fully saturated rings. The zero-order chi connectivity index (χ0) is 18.9. The molecule has 0 aliphatic rings. The summed E-state index contributed by atoms with van der Waals surface area (Å²) in [6.07, 6.45) is -0.300. The Morgan fingerprint density at radius 2 is 1.48 bits per heavy atom. The van der Waals surface area contributed by atoms with Gasteiger partial charge in [0, 0.05) is 31.6 Å². The number of benzene rings is 1. The number of amides is 3. The van der Waals surface area contributed by atoms with Crippen LogP contribution >= 0.6 is 0 Å². The van der Waals surface area contributed by atoms with Gasteiger partial charge in [0.2, 0.25) is 0 Å². The van der Waals surface area contributed by atoms with Crippen LogP contribution in [0.3, 0.4) is 0 Å². The van der Waals surface area contributed by atoms with E-state index in [1.807, 2.05) is 19.1 Å². The third kappa shape index (κ3) is 9.34. The molecule has 0 saturated heterocycles. The number of rotatable bonds is 7. The summed E-state index contributed by atoms with van der Waals surface area (Å²) in [6, 6.07) is 6.93. The molecule has 1 aromatic rings. The van der Waals surface area contributed by atoms with Gasteiger partial charge >= 0.3 is 12.1 Å². The molecule has 3 amide bonds. The van der Waals surface area contributed by atoms with E-state index in [1.54, 1.807) is 32.9 Å². The summed E-state index contributed by atoms with van der Waals surface area (Å²) in [5.41, 5.74) is 1.17. The molecule has 0 saturated carbocycles. The number of hydrogen-bond donors (Lipinski definition) is 3. The Bertz CT molecular complexity index is 591. The molecule has 1 rings (SSSR count). The van der Waals surface area contributed by atoms with Gasteiger partial charge in [0.25, 0.3) is 0 Å². The predicted octanol–water partition coefficient (Wildman–Crippen LogP) is 2.39. The highest BCUT2D eigenvalue weighted by Crippen LogP contribution is 2.06. The van der Waals surface area contributed by atoms with Crippen LogP contribution in [-0.2, 0) is 4.74 Å². The Morgan fingerprint density at radius 3 is 2.08 bits per heavy atom. The molecule has 1 aromatic carbocycles. The fraction of sp³-hybridized carbons (Fsp3) is 0.500. The Hall–Kier alpha value is -2.57. The summed E-state index contributed by atoms with van der Waals surface area (Å²) in [7, 11) is 0. The first-order valence-electron chi connectivity index (χ1n) is 8.26. The average molecular weight is 349 g/mol. The highest BCUT2D eigenvalue weighted by atomic mass is 16.6. The van der Waals surface area contributed by atoms with Crippen molar-refractivity contribution in [3.05, 3.63) is 35.4 Å². The molecular weight excluding hydrogens is 322 g/mol. The molecule has 0 aromatic heterocycles. The topological polar surface area (TPSA) is 96.5 Å². The number of carbonyl (C=O) groups excluding carboxylic acids is 3. The van der Waals surface area contributed by atoms with E-state index in [1.165, 1.54) is 0 Å². The fourth-order valence-corrected chi connectivity index (χ4v) is 1.89. The van der Waals surface area contributed by atoms with Gasteiger partial charge in [-0.1, -0.05) is 29.8 Å². The van der Waals surface area contributed by atoms with Gasteiger partial charge in [0.1, 0.15) is 5.60 Å². The number of ketones is 1. The van der Waals surface area contributed by atoms with Crippen LogP contribution in [0.15, 0.2) is 24.3 Å². The first-order chi connectivity index (χ1) is 11.7. The molecule has 0 heterocycles. The Morgan fingerprint density at radius 1 is 0.920 bits per heavy atom. The summed E-state index contributed by atoms with van der Waals surface area (Å²) >= 11 is 0. The lowest BCUT2D eigenvalue weighted by molar-refractivity contribution is 0.0528. The molecule has 7 nitrogen and oxygen atoms in total. The monoisotopic (exact) mass is 349 g/mol. The SMILES string of the molecule is Cc1ccc(C(=O)CCNC(=O)NCCNC(=O)OC(C)(C)C)cc1. The van der Waals surface area contributed by atoms with Gasteiger partial charge in [-0.25, -0.2) is 9.59 Å². The normalized spacial score (nSPS) is 10.7. The second kappa shape index (κ2) is 9.66. The molecule has 3 N–H and O–H groups in total. The number of alkyl carbamates (subject to hydrolysis) is 1. The zero-order valence-electron chi connectivity index (χ0n) is 15.3. The lowest BCUT2D eigenvalue weighted by Gasteiger charge is -2.19. The summed E-state index contributed by atoms with van der Waals surface area (Å²) in [5, 5.41) is 7.73. The largest absolute Gasteiger partial charge is 0.444 e. The number of hydrogen-bond acceptors (Lipinski definition) is 4. The van der Waals surface area contributed by atoms with Crippen LogP contribution in [0.4, 0.5) is 9.59 Å². The third-order valence-corrected chi connectivity index (χ3v) is 3.09. The van der Waals surface area contributed by atoms with Crippen LogP contribution in [0.1, 0.15) is 43.1 Å². The van der Waals surface area contributed by atoms with Gasteiger partial charge in [0.05, 0.1) is 0 Å². The maximum Gasteiger partial charge on any atom is 0.407 e. The zero-order valence-corrected chi connectivity index (χ0v) is 15.3. The molecule has 138 valence electrons. The van der Waals surface area contributed by atoms with Gasteiger partial charge < -0.3 is 20.7 Å². The molecule has 7 heteroatoms. The van der Waals surface area contributed by atoms with Gasteiger partial charge in [-0.2, -0.15) is 0 Å². The smallest absolute Gasteiger partial charge is 0.407 e. The van der Waals surface area contributed by atoms with Crippen molar-refractivity contribution in [2.24, 2.45) is 0 Å². The Kier molecular flexibility index (Phi) is 7.91. The van der Waals surface area contributed by atoms with Crippen molar-refractivity contribution in [3.63, 3.8) is 0 Å². The number of urea groups is 1. The van der Waals surface area contributed by atoms with Crippen LogP contribution in [0.5, 0.6) is 0 Å². The van der Waals surface area contributed by atoms with E-state index in [-0.39, 0.29) is 37.9 Å². The molecule has 0 unspecified atom stereocenters. The molecule has 0 aliphatic heterocycles. The van der Waals surface area contributed by atoms with Gasteiger partial charge in [-0.3, -0.25) is 4.79 Å². The number of carbonyl (C=O) groups is 3. The third-order valence-electron chi connectivity index (χ3n) is 3.09. The molecule has 0 aliphatic carbocycles. The summed E-state index contributed by atoms with van der Waals surface area (Å²) in [4.78, 5) is 35.0. The maximum atomic E-state index is 12.0. The maximum absolute atomic E-state index is 12.0. The van der Waals surface area contributed by atoms with E-state index < -0.39 is 11.7 Å². The Labute approximate surface area is 148 Å². The van der Waals surface area contributed by atoms with E-state index in [9.17, 15) is 14.4 Å². The highest BCUT2D eigenvalue weighted by Gasteiger charge is 2.15. The van der Waals surface area contributed by atoms with E-state index >= 15 is 0 Å². The lowest BCUT2D eigenvalue weighted by atomic mass is 10.1. The van der Waals surface area contributed by atoms with Crippen molar-refractivity contribution in [1.29, 1.82) is 0 Å². The molecule has 25 heavy (non-hydrogen) atoms. The molecule has 0 bridgehead atoms. The predicted molar refractivity (Wildman–Crippen MR) is 95.8 cm³/mol. The van der Waals surface area contributed by atoms with Crippen molar-refractivity contribution >= 4 is 17.9 Å².